The smallest absolute Gasteiger partial charge is 0.146 e. The molecule has 4 heteroatoms. The average Bonchev–Trinajstić information content (AvgIpc) is 2.53. The van der Waals surface area contributed by atoms with Crippen molar-refractivity contribution >= 4 is 26.8 Å². The molecule has 0 aliphatic rings. The van der Waals surface area contributed by atoms with Crippen molar-refractivity contribution in [2.75, 3.05) is 6.54 Å². The van der Waals surface area contributed by atoms with E-state index < -0.39 is 0 Å². The maximum absolute atomic E-state index is 6.13. The number of nitrogens with zero attached hydrogens (tertiary/aromatic N) is 1. The Labute approximate surface area is 131 Å². The Bertz CT molecular complexity index is 755. The summed E-state index contributed by atoms with van der Waals surface area (Å²) < 4.78 is 7.12. The molecule has 0 amide bonds. The minimum Gasteiger partial charge on any atom is -0.482 e. The summed E-state index contributed by atoms with van der Waals surface area (Å²) in [5.41, 5.74) is 7.79. The van der Waals surface area contributed by atoms with Crippen LogP contribution in [0.5, 0.6) is 5.75 Å². The molecule has 0 aliphatic heterocycles. The molecule has 0 spiro atoms. The maximum atomic E-state index is 6.13. The zero-order chi connectivity index (χ0) is 14.7. The third kappa shape index (κ3) is 2.91. The Kier molecular flexibility index (Phi) is 4.18. The van der Waals surface area contributed by atoms with Gasteiger partial charge < -0.3 is 10.5 Å². The second-order valence-electron chi connectivity index (χ2n) is 4.69. The molecule has 0 bridgehead atoms. The van der Waals surface area contributed by atoms with Crippen LogP contribution in [-0.4, -0.2) is 11.5 Å². The number of hydrogen-bond acceptors (Lipinski definition) is 3. The summed E-state index contributed by atoms with van der Waals surface area (Å²) >= 11 is 3.55. The van der Waals surface area contributed by atoms with Crippen LogP contribution in [0.3, 0.4) is 0 Å². The van der Waals surface area contributed by atoms with Crippen molar-refractivity contribution in [2.24, 2.45) is 5.73 Å². The van der Waals surface area contributed by atoms with E-state index in [9.17, 15) is 0 Å². The molecule has 106 valence electrons. The van der Waals surface area contributed by atoms with E-state index in [4.69, 9.17) is 10.5 Å². The van der Waals surface area contributed by atoms with Crippen molar-refractivity contribution in [3.8, 4) is 5.75 Å². The van der Waals surface area contributed by atoms with Gasteiger partial charge in [0.2, 0.25) is 0 Å². The molecule has 0 saturated carbocycles. The summed E-state index contributed by atoms with van der Waals surface area (Å²) in [6.45, 7) is 0.395. The van der Waals surface area contributed by atoms with E-state index in [0.717, 1.165) is 26.7 Å². The van der Waals surface area contributed by atoms with Crippen LogP contribution in [0.4, 0.5) is 0 Å². The number of halogens is 1. The van der Waals surface area contributed by atoms with Crippen LogP contribution in [0, 0.1) is 0 Å². The van der Waals surface area contributed by atoms with Gasteiger partial charge in [-0.1, -0.05) is 52.3 Å². The highest BCUT2D eigenvalue weighted by Crippen LogP contribution is 2.30. The van der Waals surface area contributed by atoms with E-state index >= 15 is 0 Å². The summed E-state index contributed by atoms with van der Waals surface area (Å²) in [5.74, 6) is 0.749. The molecule has 1 unspecified atom stereocenters. The minimum atomic E-state index is -0.215. The quantitative estimate of drug-likeness (QED) is 0.777. The summed E-state index contributed by atoms with van der Waals surface area (Å²) in [7, 11) is 0. The monoisotopic (exact) mass is 342 g/mol. The minimum absolute atomic E-state index is 0.215. The molecular weight excluding hydrogens is 328 g/mol. The summed E-state index contributed by atoms with van der Waals surface area (Å²) in [6, 6.07) is 17.8. The Morgan fingerprint density at radius 3 is 2.67 bits per heavy atom. The number of pyridine rings is 1. The number of nitrogens with two attached hydrogens (primary N) is 1. The Balaban J connectivity index is 1.98. The van der Waals surface area contributed by atoms with Crippen molar-refractivity contribution in [3.05, 3.63) is 70.8 Å². The predicted octanol–water partition coefficient (Wildman–Crippen LogP) is 4.08. The first-order chi connectivity index (χ1) is 10.3. The molecular formula is C17H15BrN2O. The van der Waals surface area contributed by atoms with Crippen LogP contribution in [0.15, 0.2) is 65.3 Å². The molecule has 0 saturated heterocycles. The molecule has 0 radical (unpaired) electrons. The molecule has 0 aliphatic carbocycles. The SMILES string of the molecule is NCC(Oc1cccc2cccnc12)c1ccccc1Br. The normalized spacial score (nSPS) is 12.3. The van der Waals surface area contributed by atoms with Crippen molar-refractivity contribution in [1.82, 2.24) is 4.98 Å². The Hall–Kier alpha value is -1.91. The lowest BCUT2D eigenvalue weighted by atomic mass is 10.1. The molecule has 21 heavy (non-hydrogen) atoms. The average molecular weight is 343 g/mol. The number of ether oxygens (including phenoxy) is 1. The van der Waals surface area contributed by atoms with Crippen LogP contribution < -0.4 is 10.5 Å². The molecule has 2 aromatic carbocycles. The van der Waals surface area contributed by atoms with Crippen molar-refractivity contribution < 1.29 is 4.74 Å². The highest BCUT2D eigenvalue weighted by molar-refractivity contribution is 9.10. The van der Waals surface area contributed by atoms with E-state index in [2.05, 4.69) is 20.9 Å². The van der Waals surface area contributed by atoms with Gasteiger partial charge in [0.05, 0.1) is 0 Å². The molecule has 1 heterocycles. The first-order valence-electron chi connectivity index (χ1n) is 6.74. The van der Waals surface area contributed by atoms with Gasteiger partial charge in [0, 0.05) is 28.2 Å². The van der Waals surface area contributed by atoms with Crippen molar-refractivity contribution in [3.63, 3.8) is 0 Å². The van der Waals surface area contributed by atoms with Gasteiger partial charge in [-0.3, -0.25) is 4.98 Å². The number of para-hydroxylation sites is 1. The van der Waals surface area contributed by atoms with E-state index in [-0.39, 0.29) is 6.10 Å². The standard InChI is InChI=1S/C17H15BrN2O/c18-14-8-2-1-7-13(14)16(11-19)21-15-9-3-5-12-6-4-10-20-17(12)15/h1-10,16H,11,19H2. The van der Waals surface area contributed by atoms with E-state index in [0.29, 0.717) is 6.54 Å². The van der Waals surface area contributed by atoms with Gasteiger partial charge in [-0.05, 0) is 18.2 Å². The lowest BCUT2D eigenvalue weighted by Crippen LogP contribution is -2.19. The summed E-state index contributed by atoms with van der Waals surface area (Å²) in [4.78, 5) is 4.41. The Morgan fingerprint density at radius 1 is 1.05 bits per heavy atom. The van der Waals surface area contributed by atoms with Gasteiger partial charge in [-0.2, -0.15) is 0 Å². The Morgan fingerprint density at radius 2 is 1.86 bits per heavy atom. The number of hydrogen-bond donors (Lipinski definition) is 1. The topological polar surface area (TPSA) is 48.1 Å². The van der Waals surface area contributed by atoms with Crippen LogP contribution in [0.1, 0.15) is 11.7 Å². The third-order valence-electron chi connectivity index (χ3n) is 3.33. The van der Waals surface area contributed by atoms with E-state index in [1.54, 1.807) is 6.20 Å². The van der Waals surface area contributed by atoms with Crippen LogP contribution in [-0.2, 0) is 0 Å². The molecule has 1 atom stereocenters. The van der Waals surface area contributed by atoms with Crippen molar-refractivity contribution in [2.45, 2.75) is 6.10 Å². The predicted molar refractivity (Wildman–Crippen MR) is 88.3 cm³/mol. The number of fused-ring (bicyclic) bond motifs is 1. The highest BCUT2D eigenvalue weighted by atomic mass is 79.9. The molecule has 1 aromatic heterocycles. The highest BCUT2D eigenvalue weighted by Gasteiger charge is 2.16. The fourth-order valence-electron chi connectivity index (χ4n) is 2.30. The molecule has 3 nitrogen and oxygen atoms in total. The zero-order valence-corrected chi connectivity index (χ0v) is 13.0. The first kappa shape index (κ1) is 14.0. The molecule has 3 aromatic rings. The lowest BCUT2D eigenvalue weighted by molar-refractivity contribution is 0.216. The molecule has 2 N–H and O–H groups in total. The zero-order valence-electron chi connectivity index (χ0n) is 11.4. The van der Waals surface area contributed by atoms with Crippen molar-refractivity contribution in [1.29, 1.82) is 0 Å². The van der Waals surface area contributed by atoms with Gasteiger partial charge in [0.1, 0.15) is 17.4 Å². The first-order valence-corrected chi connectivity index (χ1v) is 7.54. The second-order valence-corrected chi connectivity index (χ2v) is 5.55. The van der Waals surface area contributed by atoms with E-state index in [1.807, 2.05) is 54.6 Å². The van der Waals surface area contributed by atoms with Gasteiger partial charge in [0.25, 0.3) is 0 Å². The van der Waals surface area contributed by atoms with Gasteiger partial charge >= 0.3 is 0 Å². The number of aromatic nitrogens is 1. The number of rotatable bonds is 4. The number of benzene rings is 2. The van der Waals surface area contributed by atoms with E-state index in [1.165, 1.54) is 0 Å². The molecule has 0 fully saturated rings. The second kappa shape index (κ2) is 6.24. The lowest BCUT2D eigenvalue weighted by Gasteiger charge is -2.19. The van der Waals surface area contributed by atoms with Crippen LogP contribution >= 0.6 is 15.9 Å². The summed E-state index contributed by atoms with van der Waals surface area (Å²) in [6.07, 6.45) is 1.55. The summed E-state index contributed by atoms with van der Waals surface area (Å²) in [5, 5.41) is 1.05. The van der Waals surface area contributed by atoms with Crippen LogP contribution in [0.25, 0.3) is 10.9 Å². The van der Waals surface area contributed by atoms with Gasteiger partial charge in [0.15, 0.2) is 0 Å². The maximum Gasteiger partial charge on any atom is 0.146 e. The third-order valence-corrected chi connectivity index (χ3v) is 4.05. The largest absolute Gasteiger partial charge is 0.482 e. The molecule has 3 rings (SSSR count). The van der Waals surface area contributed by atoms with Crippen LogP contribution in [0.2, 0.25) is 0 Å². The fraction of sp³-hybridized carbons (Fsp3) is 0.118. The van der Waals surface area contributed by atoms with Gasteiger partial charge in [-0.25, -0.2) is 0 Å². The fourth-order valence-corrected chi connectivity index (χ4v) is 2.84. The van der Waals surface area contributed by atoms with Gasteiger partial charge in [-0.15, -0.1) is 0 Å².